The van der Waals surface area contributed by atoms with Crippen molar-refractivity contribution < 1.29 is 18.7 Å². The molecule has 1 aliphatic carbocycles. The van der Waals surface area contributed by atoms with Crippen LogP contribution in [0.25, 0.3) is 23.1 Å². The number of hydrogen-bond acceptors (Lipinski definition) is 7. The maximum Gasteiger partial charge on any atom is 0.337 e. The molecule has 7 nitrogen and oxygen atoms in total. The van der Waals surface area contributed by atoms with Crippen molar-refractivity contribution in [2.75, 3.05) is 14.2 Å². The summed E-state index contributed by atoms with van der Waals surface area (Å²) in [6.07, 6.45) is 3.46. The van der Waals surface area contributed by atoms with Crippen LogP contribution in [0.4, 0.5) is 0 Å². The molecule has 0 unspecified atom stereocenters. The number of carbonyl (C=O) groups excluding carboxylic acids is 1. The summed E-state index contributed by atoms with van der Waals surface area (Å²) >= 11 is 1.35. The molecule has 3 heterocycles. The standard InChI is InChI=1S/C34H26N2O5S/c1-39-28-10-6-5-9-25(28)31-26-17-15-20-7-3-4-8-24(20)30(26)35-34-36(31)32(37)29(42-34)19-23-16-18-27(41-23)21-11-13-22(14-12-21)33(38)40-2/h3-14,16,18-19,31H,15,17H2,1-2H3/b29-19-/t31-/m0/s1. The summed E-state index contributed by atoms with van der Waals surface area (Å²) in [5.74, 6) is 1.52. The molecule has 42 heavy (non-hydrogen) atoms. The first-order valence-electron chi connectivity index (χ1n) is 13.6. The van der Waals surface area contributed by atoms with Gasteiger partial charge >= 0.3 is 5.97 Å². The minimum absolute atomic E-state index is 0.125. The normalized spacial score (nSPS) is 15.9. The lowest BCUT2D eigenvalue weighted by Gasteiger charge is -2.31. The number of methoxy groups -OCH3 is 2. The fourth-order valence-corrected chi connectivity index (χ4v) is 6.78. The minimum Gasteiger partial charge on any atom is -0.496 e. The van der Waals surface area contributed by atoms with Crippen molar-refractivity contribution in [1.29, 1.82) is 0 Å². The molecule has 0 saturated heterocycles. The molecular formula is C34H26N2O5S. The maximum absolute atomic E-state index is 14.1. The zero-order valence-corrected chi connectivity index (χ0v) is 23.8. The Morgan fingerprint density at radius 1 is 0.976 bits per heavy atom. The second-order valence-electron chi connectivity index (χ2n) is 10.1. The number of benzene rings is 3. The molecule has 2 aromatic heterocycles. The van der Waals surface area contributed by atoms with Crippen LogP contribution < -0.4 is 19.6 Å². The Morgan fingerprint density at radius 3 is 2.57 bits per heavy atom. The predicted molar refractivity (Wildman–Crippen MR) is 161 cm³/mol. The minimum atomic E-state index is -0.395. The van der Waals surface area contributed by atoms with Gasteiger partial charge in [-0.1, -0.05) is 65.9 Å². The lowest BCUT2D eigenvalue weighted by atomic mass is 9.83. The van der Waals surface area contributed by atoms with E-state index in [4.69, 9.17) is 18.9 Å². The number of aryl methyl sites for hydroxylation is 1. The first-order valence-corrected chi connectivity index (χ1v) is 14.4. The third-order valence-electron chi connectivity index (χ3n) is 7.80. The highest BCUT2D eigenvalue weighted by atomic mass is 32.1. The Hall–Kier alpha value is -4.95. The van der Waals surface area contributed by atoms with Gasteiger partial charge in [-0.25, -0.2) is 9.79 Å². The van der Waals surface area contributed by atoms with E-state index in [1.807, 2.05) is 42.5 Å². The summed E-state index contributed by atoms with van der Waals surface area (Å²) < 4.78 is 19.0. The van der Waals surface area contributed by atoms with Crippen molar-refractivity contribution in [2.24, 2.45) is 4.99 Å². The summed E-state index contributed by atoms with van der Waals surface area (Å²) in [5, 5.41) is 0. The number of nitrogens with zero attached hydrogens (tertiary/aromatic N) is 2. The van der Waals surface area contributed by atoms with Gasteiger partial charge in [0.1, 0.15) is 17.3 Å². The number of thiazole rings is 1. The molecule has 5 aromatic rings. The molecule has 8 heteroatoms. The number of ether oxygens (including phenoxy) is 2. The van der Waals surface area contributed by atoms with Gasteiger partial charge in [0.15, 0.2) is 4.80 Å². The molecule has 3 aromatic carbocycles. The second kappa shape index (κ2) is 10.5. The lowest BCUT2D eigenvalue weighted by molar-refractivity contribution is 0.0600. The van der Waals surface area contributed by atoms with Gasteiger partial charge in [-0.15, -0.1) is 0 Å². The van der Waals surface area contributed by atoms with Gasteiger partial charge in [0.2, 0.25) is 0 Å². The average Bonchev–Trinajstić information content (AvgIpc) is 3.63. The molecule has 0 amide bonds. The Kier molecular flexibility index (Phi) is 6.47. The fourth-order valence-electron chi connectivity index (χ4n) is 5.79. The number of aromatic nitrogens is 1. The summed E-state index contributed by atoms with van der Waals surface area (Å²) in [7, 11) is 3.01. The molecule has 0 spiro atoms. The average molecular weight is 575 g/mol. The van der Waals surface area contributed by atoms with Crippen LogP contribution in [-0.2, 0) is 11.2 Å². The number of fused-ring (bicyclic) bond motifs is 3. The van der Waals surface area contributed by atoms with E-state index >= 15 is 0 Å². The van der Waals surface area contributed by atoms with Crippen molar-refractivity contribution in [3.63, 3.8) is 0 Å². The van der Waals surface area contributed by atoms with Crippen molar-refractivity contribution in [1.82, 2.24) is 4.57 Å². The second-order valence-corrected chi connectivity index (χ2v) is 11.1. The Bertz CT molecular complexity index is 2060. The number of hydrogen-bond donors (Lipinski definition) is 0. The van der Waals surface area contributed by atoms with Crippen LogP contribution >= 0.6 is 11.3 Å². The van der Waals surface area contributed by atoms with Gasteiger partial charge in [0.05, 0.1) is 36.1 Å². The molecule has 0 bridgehead atoms. The van der Waals surface area contributed by atoms with E-state index < -0.39 is 5.97 Å². The highest BCUT2D eigenvalue weighted by Gasteiger charge is 2.34. The topological polar surface area (TPSA) is 83.0 Å². The summed E-state index contributed by atoms with van der Waals surface area (Å²) in [4.78, 5) is 31.6. The molecule has 1 aliphatic heterocycles. The number of allylic oxidation sites excluding steroid dienone is 1. The SMILES string of the molecule is COC(=O)c1ccc(-c2ccc(/C=c3\sc4n(c3=O)[C@@H](c3ccccc3OC)C3=C(N=4)c4ccccc4CC3)o2)cc1. The third-order valence-corrected chi connectivity index (χ3v) is 8.78. The predicted octanol–water partition coefficient (Wildman–Crippen LogP) is 5.37. The molecule has 7 rings (SSSR count). The smallest absolute Gasteiger partial charge is 0.337 e. The highest BCUT2D eigenvalue weighted by Crippen LogP contribution is 2.43. The van der Waals surface area contributed by atoms with Crippen LogP contribution in [-0.4, -0.2) is 24.8 Å². The molecule has 1 atom stereocenters. The number of rotatable bonds is 5. The van der Waals surface area contributed by atoms with Crippen LogP contribution in [0, 0.1) is 0 Å². The van der Waals surface area contributed by atoms with Gasteiger partial charge in [0, 0.05) is 22.8 Å². The largest absolute Gasteiger partial charge is 0.496 e. The van der Waals surface area contributed by atoms with Crippen molar-refractivity contribution in [3.8, 4) is 17.1 Å². The molecule has 0 radical (unpaired) electrons. The van der Waals surface area contributed by atoms with Gasteiger partial charge in [-0.3, -0.25) is 9.36 Å². The van der Waals surface area contributed by atoms with E-state index in [1.54, 1.807) is 42.0 Å². The fraction of sp³-hybridized carbons (Fsp3) is 0.147. The van der Waals surface area contributed by atoms with Crippen molar-refractivity contribution in [2.45, 2.75) is 18.9 Å². The Labute approximate surface area is 245 Å². The van der Waals surface area contributed by atoms with Crippen LogP contribution in [0.3, 0.4) is 0 Å². The van der Waals surface area contributed by atoms with Crippen molar-refractivity contribution in [3.05, 3.63) is 138 Å². The van der Waals surface area contributed by atoms with Gasteiger partial charge in [-0.05, 0) is 54.3 Å². The Balaban J connectivity index is 1.35. The third kappa shape index (κ3) is 4.31. The summed E-state index contributed by atoms with van der Waals surface area (Å²) in [6.45, 7) is 0. The molecule has 0 N–H and O–H groups in total. The monoisotopic (exact) mass is 574 g/mol. The summed E-state index contributed by atoms with van der Waals surface area (Å²) in [6, 6.07) is 26.6. The maximum atomic E-state index is 14.1. The van der Waals surface area contributed by atoms with Gasteiger partial charge in [0.25, 0.3) is 5.56 Å². The first kappa shape index (κ1) is 26.0. The number of furan rings is 1. The van der Waals surface area contributed by atoms with Crippen LogP contribution in [0.1, 0.15) is 45.3 Å². The molecular weight excluding hydrogens is 548 g/mol. The zero-order valence-electron chi connectivity index (χ0n) is 23.0. The van der Waals surface area contributed by atoms with E-state index in [2.05, 4.69) is 18.2 Å². The zero-order chi connectivity index (χ0) is 28.8. The van der Waals surface area contributed by atoms with E-state index in [0.717, 1.165) is 46.6 Å². The van der Waals surface area contributed by atoms with Crippen LogP contribution in [0.15, 0.2) is 105 Å². The number of esters is 1. The first-order chi connectivity index (χ1) is 20.6. The molecule has 0 fully saturated rings. The number of para-hydroxylation sites is 1. The Morgan fingerprint density at radius 2 is 1.76 bits per heavy atom. The van der Waals surface area contributed by atoms with Crippen molar-refractivity contribution >= 4 is 29.1 Å². The highest BCUT2D eigenvalue weighted by molar-refractivity contribution is 7.07. The van der Waals surface area contributed by atoms with E-state index in [-0.39, 0.29) is 11.6 Å². The van der Waals surface area contributed by atoms with Gasteiger partial charge < -0.3 is 13.9 Å². The van der Waals surface area contributed by atoms with Crippen LogP contribution in [0.5, 0.6) is 5.75 Å². The molecule has 0 saturated carbocycles. The molecule has 208 valence electrons. The summed E-state index contributed by atoms with van der Waals surface area (Å²) in [5.41, 5.74) is 6.52. The van der Waals surface area contributed by atoms with E-state index in [0.29, 0.717) is 26.4 Å². The van der Waals surface area contributed by atoms with Crippen LogP contribution in [0.2, 0.25) is 0 Å². The van der Waals surface area contributed by atoms with Gasteiger partial charge in [-0.2, -0.15) is 0 Å². The quantitative estimate of drug-likeness (QED) is 0.264. The molecule has 2 aliphatic rings. The van der Waals surface area contributed by atoms with E-state index in [1.165, 1.54) is 24.0 Å². The number of carbonyl (C=O) groups is 1. The van der Waals surface area contributed by atoms with E-state index in [9.17, 15) is 9.59 Å². The lowest BCUT2D eigenvalue weighted by Crippen LogP contribution is -2.38.